The second kappa shape index (κ2) is 7.57. The number of rotatable bonds is 4. The summed E-state index contributed by atoms with van der Waals surface area (Å²) in [5, 5.41) is 9.88. The summed E-state index contributed by atoms with van der Waals surface area (Å²) in [7, 11) is 0. The summed E-state index contributed by atoms with van der Waals surface area (Å²) in [4.78, 5) is 26.4. The van der Waals surface area contributed by atoms with Gasteiger partial charge in [-0.1, -0.05) is 28.9 Å². The van der Waals surface area contributed by atoms with Crippen LogP contribution in [0.25, 0.3) is 0 Å². The van der Waals surface area contributed by atoms with Crippen LogP contribution in [-0.4, -0.2) is 34.6 Å². The van der Waals surface area contributed by atoms with Gasteiger partial charge in [0.1, 0.15) is 6.04 Å². The van der Waals surface area contributed by atoms with E-state index in [2.05, 4.69) is 15.8 Å². The summed E-state index contributed by atoms with van der Waals surface area (Å²) in [5.41, 5.74) is 1.62. The first-order valence-electron chi connectivity index (χ1n) is 8.06. The fourth-order valence-corrected chi connectivity index (χ4v) is 2.92. The molecule has 25 heavy (non-hydrogen) atoms. The molecule has 1 fully saturated rings. The lowest BCUT2D eigenvalue weighted by atomic mass is 10.2. The van der Waals surface area contributed by atoms with Crippen molar-refractivity contribution in [2.24, 2.45) is 0 Å². The Labute approximate surface area is 150 Å². The molecule has 2 N–H and O–H groups in total. The van der Waals surface area contributed by atoms with Gasteiger partial charge in [0.15, 0.2) is 0 Å². The standard InChI is InChI=1S/C17H19ClN4O3/c1-11-9-15(25-21-11)20-17(24)22-8-2-3-14(22)16(23)19-10-12-4-6-13(18)7-5-12/h4-7,9,14H,2-3,8,10H2,1H3,(H,19,23)(H,20,24)/t14-/m0/s1. The molecule has 0 spiro atoms. The molecule has 0 aliphatic carbocycles. The fourth-order valence-electron chi connectivity index (χ4n) is 2.79. The Morgan fingerprint density at radius 1 is 1.36 bits per heavy atom. The minimum Gasteiger partial charge on any atom is -0.350 e. The SMILES string of the molecule is Cc1cc(NC(=O)N2CCC[C@H]2C(=O)NCc2ccc(Cl)cc2)on1. The normalized spacial score (nSPS) is 16.7. The van der Waals surface area contributed by atoms with Gasteiger partial charge in [0, 0.05) is 24.2 Å². The van der Waals surface area contributed by atoms with E-state index in [0.29, 0.717) is 30.2 Å². The number of anilines is 1. The maximum Gasteiger partial charge on any atom is 0.324 e. The highest BCUT2D eigenvalue weighted by Gasteiger charge is 2.34. The number of likely N-dealkylation sites (tertiary alicyclic amines) is 1. The van der Waals surface area contributed by atoms with E-state index < -0.39 is 6.04 Å². The van der Waals surface area contributed by atoms with Gasteiger partial charge in [0.05, 0.1) is 5.69 Å². The smallest absolute Gasteiger partial charge is 0.324 e. The number of amides is 3. The minimum atomic E-state index is -0.490. The van der Waals surface area contributed by atoms with Crippen LogP contribution in [-0.2, 0) is 11.3 Å². The van der Waals surface area contributed by atoms with Crippen molar-refractivity contribution in [1.29, 1.82) is 0 Å². The van der Waals surface area contributed by atoms with Gasteiger partial charge in [-0.15, -0.1) is 0 Å². The lowest BCUT2D eigenvalue weighted by Gasteiger charge is -2.23. The quantitative estimate of drug-likeness (QED) is 0.875. The number of aryl methyl sites for hydroxylation is 1. The molecule has 0 unspecified atom stereocenters. The molecule has 1 aliphatic rings. The predicted octanol–water partition coefficient (Wildman–Crippen LogP) is 2.95. The third kappa shape index (κ3) is 4.30. The first kappa shape index (κ1) is 17.3. The number of hydrogen-bond donors (Lipinski definition) is 2. The van der Waals surface area contributed by atoms with E-state index in [1.807, 2.05) is 12.1 Å². The number of urea groups is 1. The van der Waals surface area contributed by atoms with Crippen molar-refractivity contribution >= 4 is 29.4 Å². The van der Waals surface area contributed by atoms with Crippen molar-refractivity contribution in [2.45, 2.75) is 32.4 Å². The second-order valence-electron chi connectivity index (χ2n) is 5.96. The van der Waals surface area contributed by atoms with E-state index in [1.165, 1.54) is 4.90 Å². The van der Waals surface area contributed by atoms with Gasteiger partial charge in [0.25, 0.3) is 0 Å². The zero-order chi connectivity index (χ0) is 17.8. The van der Waals surface area contributed by atoms with E-state index in [0.717, 1.165) is 12.0 Å². The average Bonchev–Trinajstić information content (AvgIpc) is 3.23. The molecule has 0 bridgehead atoms. The van der Waals surface area contributed by atoms with Gasteiger partial charge in [-0.05, 0) is 37.5 Å². The molecule has 1 atom stereocenters. The average molecular weight is 363 g/mol. The number of nitrogens with zero attached hydrogens (tertiary/aromatic N) is 2. The second-order valence-corrected chi connectivity index (χ2v) is 6.39. The lowest BCUT2D eigenvalue weighted by Crippen LogP contribution is -2.47. The Bertz CT molecular complexity index is 760. The topological polar surface area (TPSA) is 87.5 Å². The number of nitrogens with one attached hydrogen (secondary N) is 2. The van der Waals surface area contributed by atoms with Crippen molar-refractivity contribution in [1.82, 2.24) is 15.4 Å². The van der Waals surface area contributed by atoms with E-state index in [1.54, 1.807) is 25.1 Å². The van der Waals surface area contributed by atoms with Crippen molar-refractivity contribution in [2.75, 3.05) is 11.9 Å². The summed E-state index contributed by atoms with van der Waals surface area (Å²) < 4.78 is 4.99. The third-order valence-corrected chi connectivity index (χ3v) is 4.31. The highest BCUT2D eigenvalue weighted by molar-refractivity contribution is 6.30. The molecule has 3 rings (SSSR count). The van der Waals surface area contributed by atoms with Crippen molar-refractivity contribution in [3.63, 3.8) is 0 Å². The molecule has 0 saturated carbocycles. The fraction of sp³-hybridized carbons (Fsp3) is 0.353. The molecule has 1 saturated heterocycles. The van der Waals surface area contributed by atoms with Gasteiger partial charge in [0.2, 0.25) is 11.8 Å². The zero-order valence-corrected chi connectivity index (χ0v) is 14.5. The molecule has 1 aliphatic heterocycles. The van der Waals surface area contributed by atoms with Crippen LogP contribution in [0.2, 0.25) is 5.02 Å². The Balaban J connectivity index is 1.57. The van der Waals surface area contributed by atoms with E-state index >= 15 is 0 Å². The van der Waals surface area contributed by atoms with Gasteiger partial charge in [-0.2, -0.15) is 0 Å². The summed E-state index contributed by atoms with van der Waals surface area (Å²) in [6, 6.07) is 8.04. The molecule has 7 nitrogen and oxygen atoms in total. The molecule has 8 heteroatoms. The molecule has 2 aromatic rings. The van der Waals surface area contributed by atoms with Crippen molar-refractivity contribution in [3.05, 3.63) is 46.6 Å². The highest BCUT2D eigenvalue weighted by atomic mass is 35.5. The molecule has 1 aromatic heterocycles. The molecular formula is C17H19ClN4O3. The van der Waals surface area contributed by atoms with E-state index in [4.69, 9.17) is 16.1 Å². The molecule has 132 valence electrons. The molecule has 0 radical (unpaired) electrons. The van der Waals surface area contributed by atoms with Crippen LogP contribution in [0.1, 0.15) is 24.1 Å². The van der Waals surface area contributed by atoms with Crippen molar-refractivity contribution < 1.29 is 14.1 Å². The van der Waals surface area contributed by atoms with Crippen LogP contribution >= 0.6 is 11.6 Å². The summed E-state index contributed by atoms with van der Waals surface area (Å²) in [6.07, 6.45) is 1.41. The van der Waals surface area contributed by atoms with Gasteiger partial charge >= 0.3 is 6.03 Å². The largest absolute Gasteiger partial charge is 0.350 e. The number of carbonyl (C=O) groups excluding carboxylic acids is 2. The van der Waals surface area contributed by atoms with Crippen LogP contribution in [0.3, 0.4) is 0 Å². The number of carbonyl (C=O) groups is 2. The Kier molecular flexibility index (Phi) is 5.23. The van der Waals surface area contributed by atoms with E-state index in [9.17, 15) is 9.59 Å². The number of hydrogen-bond acceptors (Lipinski definition) is 4. The van der Waals surface area contributed by atoms with Gasteiger partial charge < -0.3 is 14.7 Å². The monoisotopic (exact) mass is 362 g/mol. The van der Waals surface area contributed by atoms with Crippen LogP contribution in [0.4, 0.5) is 10.7 Å². The maximum absolute atomic E-state index is 12.5. The Hall–Kier alpha value is -2.54. The first-order chi connectivity index (χ1) is 12.0. The summed E-state index contributed by atoms with van der Waals surface area (Å²) in [6.45, 7) is 2.68. The molecular weight excluding hydrogens is 344 g/mol. The molecule has 3 amide bonds. The van der Waals surface area contributed by atoms with Crippen molar-refractivity contribution in [3.8, 4) is 0 Å². The lowest BCUT2D eigenvalue weighted by molar-refractivity contribution is -0.124. The van der Waals surface area contributed by atoms with Crippen LogP contribution in [0.15, 0.2) is 34.9 Å². The highest BCUT2D eigenvalue weighted by Crippen LogP contribution is 2.20. The number of aromatic nitrogens is 1. The molecule has 1 aromatic carbocycles. The van der Waals surface area contributed by atoms with Gasteiger partial charge in [-0.25, -0.2) is 4.79 Å². The van der Waals surface area contributed by atoms with E-state index in [-0.39, 0.29) is 17.8 Å². The Morgan fingerprint density at radius 2 is 2.12 bits per heavy atom. The van der Waals surface area contributed by atoms with Crippen LogP contribution < -0.4 is 10.6 Å². The predicted molar refractivity (Wildman–Crippen MR) is 93.3 cm³/mol. The maximum atomic E-state index is 12.5. The van der Waals surface area contributed by atoms with Gasteiger partial charge in [-0.3, -0.25) is 10.1 Å². The zero-order valence-electron chi connectivity index (χ0n) is 13.8. The number of halogens is 1. The first-order valence-corrected chi connectivity index (χ1v) is 8.44. The summed E-state index contributed by atoms with van der Waals surface area (Å²) in [5.74, 6) is 0.103. The third-order valence-electron chi connectivity index (χ3n) is 4.05. The van der Waals surface area contributed by atoms with Crippen LogP contribution in [0, 0.1) is 6.92 Å². The summed E-state index contributed by atoms with van der Waals surface area (Å²) >= 11 is 5.85. The Morgan fingerprint density at radius 3 is 2.80 bits per heavy atom. The van der Waals surface area contributed by atoms with Crippen LogP contribution in [0.5, 0.6) is 0 Å². The minimum absolute atomic E-state index is 0.170. The number of benzene rings is 1. The molecule has 2 heterocycles.